The number of aliphatic hydroxyl groups is 1. The van der Waals surface area contributed by atoms with E-state index in [0.29, 0.717) is 0 Å². The summed E-state index contributed by atoms with van der Waals surface area (Å²) in [5.74, 6) is 0. The first kappa shape index (κ1) is 11.0. The number of aliphatic hydroxyl groups excluding tert-OH is 1. The summed E-state index contributed by atoms with van der Waals surface area (Å²) in [6, 6.07) is 0. The molecule has 1 unspecified atom stereocenters. The topological polar surface area (TPSA) is 35.5 Å². The average Bonchev–Trinajstić information content (AvgIpc) is 2.13. The lowest BCUT2D eigenvalue weighted by molar-refractivity contribution is 0.0702. The fraction of sp³-hybridized carbons (Fsp3) is 1.00. The van der Waals surface area contributed by atoms with E-state index < -0.39 is 0 Å². The molecule has 1 aliphatic heterocycles. The minimum atomic E-state index is -0.0760. The van der Waals surface area contributed by atoms with Gasteiger partial charge in [-0.3, -0.25) is 0 Å². The lowest BCUT2D eigenvalue weighted by Gasteiger charge is -2.29. The van der Waals surface area contributed by atoms with Gasteiger partial charge in [0.2, 0.25) is 0 Å². The number of nitrogens with one attached hydrogen (secondary N) is 1. The zero-order valence-corrected chi connectivity index (χ0v) is 8.63. The fourth-order valence-corrected chi connectivity index (χ4v) is 1.84. The zero-order valence-electron chi connectivity index (χ0n) is 8.63. The van der Waals surface area contributed by atoms with Crippen molar-refractivity contribution < 1.29 is 5.11 Å². The van der Waals surface area contributed by atoms with Gasteiger partial charge in [-0.1, -0.05) is 6.92 Å². The van der Waals surface area contributed by atoms with Crippen LogP contribution in [-0.2, 0) is 0 Å². The van der Waals surface area contributed by atoms with Crippen LogP contribution in [0.4, 0.5) is 0 Å². The van der Waals surface area contributed by atoms with E-state index in [1.54, 1.807) is 0 Å². The second-order valence-electron chi connectivity index (χ2n) is 3.80. The Morgan fingerprint density at radius 2 is 2.38 bits per heavy atom. The fourth-order valence-electron chi connectivity index (χ4n) is 1.84. The van der Waals surface area contributed by atoms with E-state index in [4.69, 9.17) is 0 Å². The average molecular weight is 186 g/mol. The minimum absolute atomic E-state index is 0.0760. The van der Waals surface area contributed by atoms with Gasteiger partial charge in [-0.2, -0.15) is 0 Å². The van der Waals surface area contributed by atoms with Crippen LogP contribution in [0.5, 0.6) is 0 Å². The monoisotopic (exact) mass is 186 g/mol. The lowest BCUT2D eigenvalue weighted by Crippen LogP contribution is -2.39. The molecule has 1 rings (SSSR count). The molecule has 0 radical (unpaired) electrons. The standard InChI is InChI=1S/C10H22N2O/c1-2-11-6-4-8-12-7-3-5-10(13)9-12/h10-11,13H,2-9H2,1H3. The van der Waals surface area contributed by atoms with Crippen LogP contribution in [0.3, 0.4) is 0 Å². The summed E-state index contributed by atoms with van der Waals surface area (Å²) >= 11 is 0. The van der Waals surface area contributed by atoms with E-state index in [9.17, 15) is 5.11 Å². The predicted molar refractivity (Wildman–Crippen MR) is 54.8 cm³/mol. The molecule has 0 aromatic carbocycles. The van der Waals surface area contributed by atoms with E-state index in [-0.39, 0.29) is 6.10 Å². The maximum absolute atomic E-state index is 9.42. The number of rotatable bonds is 5. The Labute approximate surface area is 81.1 Å². The SMILES string of the molecule is CCNCCCN1CCCC(O)C1. The lowest BCUT2D eigenvalue weighted by atomic mass is 10.1. The van der Waals surface area contributed by atoms with Crippen molar-refractivity contribution in [1.29, 1.82) is 0 Å². The van der Waals surface area contributed by atoms with E-state index >= 15 is 0 Å². The van der Waals surface area contributed by atoms with Gasteiger partial charge in [0.15, 0.2) is 0 Å². The predicted octanol–water partition coefficient (Wildman–Crippen LogP) is 0.443. The van der Waals surface area contributed by atoms with E-state index in [2.05, 4.69) is 17.1 Å². The number of hydrogen-bond acceptors (Lipinski definition) is 3. The van der Waals surface area contributed by atoms with Crippen LogP contribution in [0, 0.1) is 0 Å². The Morgan fingerprint density at radius 3 is 3.08 bits per heavy atom. The Hall–Kier alpha value is -0.120. The highest BCUT2D eigenvalue weighted by Crippen LogP contribution is 2.09. The molecule has 1 atom stereocenters. The molecule has 0 bridgehead atoms. The molecule has 0 aliphatic carbocycles. The Morgan fingerprint density at radius 1 is 1.54 bits per heavy atom. The maximum atomic E-state index is 9.42. The summed E-state index contributed by atoms with van der Waals surface area (Å²) in [5, 5.41) is 12.7. The molecule has 13 heavy (non-hydrogen) atoms. The molecular formula is C10H22N2O. The van der Waals surface area contributed by atoms with E-state index in [1.165, 1.54) is 13.0 Å². The molecule has 1 heterocycles. The molecule has 3 heteroatoms. The van der Waals surface area contributed by atoms with Crippen LogP contribution >= 0.6 is 0 Å². The summed E-state index contributed by atoms with van der Waals surface area (Å²) < 4.78 is 0. The first-order valence-electron chi connectivity index (χ1n) is 5.44. The Bertz CT molecular complexity index is 130. The number of nitrogens with zero attached hydrogens (tertiary/aromatic N) is 1. The van der Waals surface area contributed by atoms with Crippen LogP contribution in [0.25, 0.3) is 0 Å². The molecule has 1 saturated heterocycles. The molecule has 0 saturated carbocycles. The van der Waals surface area contributed by atoms with Gasteiger partial charge in [-0.15, -0.1) is 0 Å². The largest absolute Gasteiger partial charge is 0.392 e. The highest BCUT2D eigenvalue weighted by molar-refractivity contribution is 4.71. The van der Waals surface area contributed by atoms with Crippen LogP contribution in [0.15, 0.2) is 0 Å². The van der Waals surface area contributed by atoms with E-state index in [0.717, 1.165) is 39.0 Å². The van der Waals surface area contributed by atoms with Gasteiger partial charge in [0.05, 0.1) is 6.10 Å². The second kappa shape index (κ2) is 6.35. The Balaban J connectivity index is 2.00. The van der Waals surface area contributed by atoms with Crippen molar-refractivity contribution in [3.63, 3.8) is 0 Å². The third-order valence-electron chi connectivity index (χ3n) is 2.56. The van der Waals surface area contributed by atoms with Crippen LogP contribution in [0.1, 0.15) is 26.2 Å². The van der Waals surface area contributed by atoms with Crippen molar-refractivity contribution in [2.75, 3.05) is 32.7 Å². The summed E-state index contributed by atoms with van der Waals surface area (Å²) in [4.78, 5) is 2.37. The van der Waals surface area contributed by atoms with Crippen LogP contribution < -0.4 is 5.32 Å². The quantitative estimate of drug-likeness (QED) is 0.612. The molecule has 0 aromatic heterocycles. The molecule has 0 aromatic rings. The van der Waals surface area contributed by atoms with Gasteiger partial charge in [0.25, 0.3) is 0 Å². The molecule has 3 nitrogen and oxygen atoms in total. The molecule has 0 amide bonds. The molecule has 78 valence electrons. The van der Waals surface area contributed by atoms with Gasteiger partial charge in [-0.25, -0.2) is 0 Å². The minimum Gasteiger partial charge on any atom is -0.392 e. The van der Waals surface area contributed by atoms with Gasteiger partial charge in [0, 0.05) is 6.54 Å². The maximum Gasteiger partial charge on any atom is 0.0667 e. The van der Waals surface area contributed by atoms with Crippen molar-refractivity contribution >= 4 is 0 Å². The number of likely N-dealkylation sites (tertiary alicyclic amines) is 1. The third kappa shape index (κ3) is 4.60. The summed E-state index contributed by atoms with van der Waals surface area (Å²) in [5.41, 5.74) is 0. The zero-order chi connectivity index (χ0) is 9.52. The van der Waals surface area contributed by atoms with E-state index in [1.807, 2.05) is 0 Å². The highest BCUT2D eigenvalue weighted by Gasteiger charge is 2.16. The van der Waals surface area contributed by atoms with Crippen molar-refractivity contribution in [3.8, 4) is 0 Å². The van der Waals surface area contributed by atoms with Crippen LogP contribution in [0.2, 0.25) is 0 Å². The first-order valence-corrected chi connectivity index (χ1v) is 5.44. The number of β-amino-alcohol motifs (C(OH)–C–C–N with tert-alkyl or cyclic N) is 1. The number of hydrogen-bond donors (Lipinski definition) is 2. The van der Waals surface area contributed by atoms with Gasteiger partial charge in [0.1, 0.15) is 0 Å². The van der Waals surface area contributed by atoms with Crippen LogP contribution in [-0.4, -0.2) is 48.8 Å². The first-order chi connectivity index (χ1) is 6.33. The molecule has 2 N–H and O–H groups in total. The van der Waals surface area contributed by atoms with Gasteiger partial charge in [-0.05, 0) is 45.4 Å². The van der Waals surface area contributed by atoms with Crippen molar-refractivity contribution in [2.45, 2.75) is 32.3 Å². The Kier molecular flexibility index (Phi) is 5.35. The highest BCUT2D eigenvalue weighted by atomic mass is 16.3. The normalized spacial score (nSPS) is 24.9. The van der Waals surface area contributed by atoms with Crippen molar-refractivity contribution in [3.05, 3.63) is 0 Å². The van der Waals surface area contributed by atoms with Gasteiger partial charge >= 0.3 is 0 Å². The molecule has 1 aliphatic rings. The summed E-state index contributed by atoms with van der Waals surface area (Å²) in [6.45, 7) is 7.47. The third-order valence-corrected chi connectivity index (χ3v) is 2.56. The molecular weight excluding hydrogens is 164 g/mol. The smallest absolute Gasteiger partial charge is 0.0667 e. The summed E-state index contributed by atoms with van der Waals surface area (Å²) in [7, 11) is 0. The number of piperidine rings is 1. The van der Waals surface area contributed by atoms with Crippen molar-refractivity contribution in [1.82, 2.24) is 10.2 Å². The second-order valence-corrected chi connectivity index (χ2v) is 3.80. The van der Waals surface area contributed by atoms with Gasteiger partial charge < -0.3 is 15.3 Å². The molecule has 0 spiro atoms. The molecule has 1 fully saturated rings. The van der Waals surface area contributed by atoms with Crippen molar-refractivity contribution in [2.24, 2.45) is 0 Å². The summed E-state index contributed by atoms with van der Waals surface area (Å²) in [6.07, 6.45) is 3.26.